The first kappa shape index (κ1) is 23.5. The fraction of sp³-hybridized carbons (Fsp3) is 0.333. The van der Waals surface area contributed by atoms with Gasteiger partial charge < -0.3 is 5.32 Å². The van der Waals surface area contributed by atoms with E-state index in [1.165, 1.54) is 10.4 Å². The number of aryl methyl sites for hydroxylation is 2. The molecule has 1 N–H and O–H groups in total. The largest absolute Gasteiger partial charge is 0.322 e. The van der Waals surface area contributed by atoms with Crippen molar-refractivity contribution < 1.29 is 13.2 Å². The molecule has 2 aromatic carbocycles. The molecule has 1 fully saturated rings. The molecule has 4 rings (SSSR count). The van der Waals surface area contributed by atoms with Gasteiger partial charge in [0.05, 0.1) is 22.7 Å². The fourth-order valence-corrected chi connectivity index (χ4v) is 5.85. The highest BCUT2D eigenvalue weighted by Gasteiger charge is 2.26. The van der Waals surface area contributed by atoms with Gasteiger partial charge in [0.2, 0.25) is 10.0 Å². The van der Waals surface area contributed by atoms with Crippen LogP contribution in [0.1, 0.15) is 46.4 Å². The predicted octanol–water partition coefficient (Wildman–Crippen LogP) is 4.63. The number of carbonyl (C=O) groups excluding carboxylic acids is 1. The number of amides is 1. The zero-order valence-corrected chi connectivity index (χ0v) is 20.3. The Morgan fingerprint density at radius 3 is 2.45 bits per heavy atom. The van der Waals surface area contributed by atoms with E-state index in [0.717, 1.165) is 30.4 Å². The third kappa shape index (κ3) is 5.13. The van der Waals surface area contributed by atoms with Gasteiger partial charge in [0, 0.05) is 18.8 Å². The highest BCUT2D eigenvalue weighted by Crippen LogP contribution is 2.25. The van der Waals surface area contributed by atoms with Crippen LogP contribution in [0.5, 0.6) is 0 Å². The van der Waals surface area contributed by atoms with Crippen molar-refractivity contribution in [3.63, 3.8) is 0 Å². The summed E-state index contributed by atoms with van der Waals surface area (Å²) in [5.74, 6) is -0.430. The second kappa shape index (κ2) is 9.67. The standard InChI is InChI=1S/C24H27ClN4O3S/c1-17-9-11-19(12-10-17)16-29-23(25)22(18(2)27-29)24(30)26-20-7-6-8-21(15-20)33(31,32)28-13-4-3-5-14-28/h6-12,15H,3-5,13-14,16H2,1-2H3,(H,26,30). The number of aromatic nitrogens is 2. The molecule has 0 bridgehead atoms. The second-order valence-corrected chi connectivity index (χ2v) is 10.6. The Bertz CT molecular complexity index is 1260. The molecule has 0 unspecified atom stereocenters. The lowest BCUT2D eigenvalue weighted by Gasteiger charge is -2.26. The predicted molar refractivity (Wildman–Crippen MR) is 129 cm³/mol. The molecular weight excluding hydrogens is 460 g/mol. The van der Waals surface area contributed by atoms with Gasteiger partial charge in [-0.2, -0.15) is 9.40 Å². The van der Waals surface area contributed by atoms with Gasteiger partial charge in [-0.25, -0.2) is 13.1 Å². The maximum Gasteiger partial charge on any atom is 0.260 e. The van der Waals surface area contributed by atoms with E-state index in [0.29, 0.717) is 31.0 Å². The van der Waals surface area contributed by atoms with Crippen molar-refractivity contribution in [2.24, 2.45) is 0 Å². The normalized spacial score (nSPS) is 14.9. The Morgan fingerprint density at radius 2 is 1.76 bits per heavy atom. The third-order valence-corrected chi connectivity index (χ3v) is 8.07. The number of hydrogen-bond acceptors (Lipinski definition) is 4. The van der Waals surface area contributed by atoms with E-state index in [2.05, 4.69) is 10.4 Å². The van der Waals surface area contributed by atoms with Crippen molar-refractivity contribution in [1.82, 2.24) is 14.1 Å². The van der Waals surface area contributed by atoms with E-state index in [-0.39, 0.29) is 15.6 Å². The molecule has 7 nitrogen and oxygen atoms in total. The van der Waals surface area contributed by atoms with Gasteiger partial charge >= 0.3 is 0 Å². The molecule has 33 heavy (non-hydrogen) atoms. The third-order valence-electron chi connectivity index (χ3n) is 5.79. The number of rotatable bonds is 6. The smallest absolute Gasteiger partial charge is 0.260 e. The molecule has 9 heteroatoms. The van der Waals surface area contributed by atoms with E-state index in [1.807, 2.05) is 31.2 Å². The monoisotopic (exact) mass is 486 g/mol. The summed E-state index contributed by atoms with van der Waals surface area (Å²) in [6.45, 7) is 5.23. The van der Waals surface area contributed by atoms with Crippen LogP contribution in [0.25, 0.3) is 0 Å². The number of sulfonamides is 1. The summed E-state index contributed by atoms with van der Waals surface area (Å²) in [5, 5.41) is 7.45. The van der Waals surface area contributed by atoms with Crippen molar-refractivity contribution >= 4 is 33.2 Å². The van der Waals surface area contributed by atoms with Gasteiger partial charge in [-0.05, 0) is 50.5 Å². The minimum atomic E-state index is -3.60. The molecule has 0 spiro atoms. The molecule has 0 saturated carbocycles. The van der Waals surface area contributed by atoms with Crippen LogP contribution in [0.2, 0.25) is 5.15 Å². The molecule has 1 aliphatic rings. The van der Waals surface area contributed by atoms with Crippen molar-refractivity contribution in [3.8, 4) is 0 Å². The summed E-state index contributed by atoms with van der Waals surface area (Å²) in [7, 11) is -3.60. The molecule has 1 amide bonds. The van der Waals surface area contributed by atoms with Crippen LogP contribution in [0, 0.1) is 13.8 Å². The van der Waals surface area contributed by atoms with Gasteiger partial charge in [-0.15, -0.1) is 0 Å². The quantitative estimate of drug-likeness (QED) is 0.550. The van der Waals surface area contributed by atoms with E-state index in [1.54, 1.807) is 29.8 Å². The molecule has 1 aliphatic heterocycles. The van der Waals surface area contributed by atoms with E-state index in [4.69, 9.17) is 11.6 Å². The second-order valence-electron chi connectivity index (χ2n) is 8.34. The average Bonchev–Trinajstić information content (AvgIpc) is 3.08. The Labute approximate surface area is 199 Å². The highest BCUT2D eigenvalue weighted by atomic mass is 35.5. The molecule has 1 aromatic heterocycles. The minimum absolute atomic E-state index is 0.167. The molecular formula is C24H27ClN4O3S. The summed E-state index contributed by atoms with van der Waals surface area (Å²) in [4.78, 5) is 13.2. The van der Waals surface area contributed by atoms with Crippen molar-refractivity contribution in [3.05, 3.63) is 76.1 Å². The number of piperidine rings is 1. The molecule has 2 heterocycles. The number of carbonyl (C=O) groups is 1. The number of anilines is 1. The van der Waals surface area contributed by atoms with Gasteiger partial charge in [-0.3, -0.25) is 4.79 Å². The lowest BCUT2D eigenvalue weighted by Crippen LogP contribution is -2.35. The lowest BCUT2D eigenvalue weighted by atomic mass is 10.1. The first-order chi connectivity index (χ1) is 15.8. The summed E-state index contributed by atoms with van der Waals surface area (Å²) in [6, 6.07) is 14.3. The van der Waals surface area contributed by atoms with Crippen LogP contribution in [0.15, 0.2) is 53.4 Å². The van der Waals surface area contributed by atoms with Crippen LogP contribution in [0.4, 0.5) is 5.69 Å². The zero-order valence-electron chi connectivity index (χ0n) is 18.7. The molecule has 0 radical (unpaired) electrons. The van der Waals surface area contributed by atoms with Crippen LogP contribution >= 0.6 is 11.6 Å². The van der Waals surface area contributed by atoms with E-state index < -0.39 is 15.9 Å². The van der Waals surface area contributed by atoms with Crippen molar-refractivity contribution in [2.75, 3.05) is 18.4 Å². The molecule has 0 atom stereocenters. The molecule has 1 saturated heterocycles. The maximum absolute atomic E-state index is 13.0. The van der Waals surface area contributed by atoms with Crippen LogP contribution in [0.3, 0.4) is 0 Å². The van der Waals surface area contributed by atoms with Crippen LogP contribution < -0.4 is 5.32 Å². The summed E-state index contributed by atoms with van der Waals surface area (Å²) < 4.78 is 29.1. The number of benzene rings is 2. The summed E-state index contributed by atoms with van der Waals surface area (Å²) in [6.07, 6.45) is 2.76. The van der Waals surface area contributed by atoms with Gasteiger partial charge in [-0.1, -0.05) is 53.9 Å². The SMILES string of the molecule is Cc1ccc(Cn2nc(C)c(C(=O)Nc3cccc(S(=O)(=O)N4CCCCC4)c3)c2Cl)cc1. The Kier molecular flexibility index (Phi) is 6.88. The Balaban J connectivity index is 1.53. The van der Waals surface area contributed by atoms with Gasteiger partial charge in [0.1, 0.15) is 5.15 Å². The summed E-state index contributed by atoms with van der Waals surface area (Å²) >= 11 is 6.51. The van der Waals surface area contributed by atoms with Crippen molar-refractivity contribution in [2.45, 2.75) is 44.6 Å². The van der Waals surface area contributed by atoms with Gasteiger partial charge in [0.25, 0.3) is 5.91 Å². The first-order valence-electron chi connectivity index (χ1n) is 11.0. The highest BCUT2D eigenvalue weighted by molar-refractivity contribution is 7.89. The topological polar surface area (TPSA) is 84.3 Å². The molecule has 174 valence electrons. The lowest BCUT2D eigenvalue weighted by molar-refractivity contribution is 0.102. The zero-order chi connectivity index (χ0) is 23.6. The van der Waals surface area contributed by atoms with Crippen LogP contribution in [-0.2, 0) is 16.6 Å². The number of halogens is 1. The average molecular weight is 487 g/mol. The number of nitrogens with zero attached hydrogens (tertiary/aromatic N) is 3. The first-order valence-corrected chi connectivity index (χ1v) is 12.8. The molecule has 3 aromatic rings. The number of nitrogens with one attached hydrogen (secondary N) is 1. The van der Waals surface area contributed by atoms with E-state index in [9.17, 15) is 13.2 Å². The van der Waals surface area contributed by atoms with Gasteiger partial charge in [0.15, 0.2) is 0 Å². The minimum Gasteiger partial charge on any atom is -0.322 e. The van der Waals surface area contributed by atoms with Crippen molar-refractivity contribution in [1.29, 1.82) is 0 Å². The summed E-state index contributed by atoms with van der Waals surface area (Å²) in [5.41, 5.74) is 3.34. The molecule has 0 aliphatic carbocycles. The Hall–Kier alpha value is -2.68. The fourth-order valence-electron chi connectivity index (χ4n) is 3.96. The number of hydrogen-bond donors (Lipinski definition) is 1. The van der Waals surface area contributed by atoms with E-state index >= 15 is 0 Å². The van der Waals surface area contributed by atoms with Crippen LogP contribution in [-0.4, -0.2) is 41.5 Å². The Morgan fingerprint density at radius 1 is 1.06 bits per heavy atom. The maximum atomic E-state index is 13.0.